The van der Waals surface area contributed by atoms with Gasteiger partial charge in [-0.25, -0.2) is 0 Å². The van der Waals surface area contributed by atoms with Crippen molar-refractivity contribution in [2.24, 2.45) is 0 Å². The van der Waals surface area contributed by atoms with Gasteiger partial charge in [0, 0.05) is 47.7 Å². The maximum Gasteiger partial charge on any atom is 0.245 e. The highest BCUT2D eigenvalue weighted by atomic mass is 35.5. The van der Waals surface area contributed by atoms with E-state index < -0.39 is 11.5 Å². The number of nitrogens with one attached hydrogen (secondary N) is 1. The quantitative estimate of drug-likeness (QED) is 0.655. The standard InChI is InChI=1S/C24H26Cl3N3O2/c1-29-10-12-30(13-11-29)22(31)21(14-16-6-7-17(25)15-20(16)27)28-23(32)24(8-9-24)18-4-2-3-5-19(18)26/h2-7,15,21H,8-14H2,1H3,(H,28,32)/t21-/m0/s1. The Kier molecular flexibility index (Phi) is 7.01. The number of carbonyl (C=O) groups excluding carboxylic acids is 2. The zero-order valence-electron chi connectivity index (χ0n) is 17.9. The van der Waals surface area contributed by atoms with Gasteiger partial charge in [0.15, 0.2) is 0 Å². The number of halogens is 3. The first kappa shape index (κ1) is 23.4. The lowest BCUT2D eigenvalue weighted by atomic mass is 9.93. The number of likely N-dealkylation sites (N-methyl/N-ethyl adjacent to an activating group) is 1. The van der Waals surface area contributed by atoms with Crippen molar-refractivity contribution < 1.29 is 9.59 Å². The molecule has 4 rings (SSSR count). The molecule has 8 heteroatoms. The normalized spacial score (nSPS) is 18.8. The van der Waals surface area contributed by atoms with E-state index in [9.17, 15) is 9.59 Å². The number of piperazine rings is 1. The Morgan fingerprint density at radius 2 is 1.69 bits per heavy atom. The van der Waals surface area contributed by atoms with Gasteiger partial charge in [0.1, 0.15) is 6.04 Å². The molecule has 0 spiro atoms. The van der Waals surface area contributed by atoms with Crippen LogP contribution in [0, 0.1) is 0 Å². The molecule has 1 atom stereocenters. The second-order valence-corrected chi connectivity index (χ2v) is 9.91. The molecule has 1 heterocycles. The molecule has 5 nitrogen and oxygen atoms in total. The molecule has 2 aromatic rings. The highest BCUT2D eigenvalue weighted by molar-refractivity contribution is 6.35. The summed E-state index contributed by atoms with van der Waals surface area (Å²) in [4.78, 5) is 30.9. The summed E-state index contributed by atoms with van der Waals surface area (Å²) in [6, 6.07) is 11.9. The Morgan fingerprint density at radius 1 is 1.00 bits per heavy atom. The van der Waals surface area contributed by atoms with Crippen LogP contribution in [-0.4, -0.2) is 60.9 Å². The lowest BCUT2D eigenvalue weighted by Gasteiger charge is -2.35. The van der Waals surface area contributed by atoms with Gasteiger partial charge in [-0.3, -0.25) is 9.59 Å². The average molecular weight is 495 g/mol. The van der Waals surface area contributed by atoms with Gasteiger partial charge >= 0.3 is 0 Å². The fourth-order valence-corrected chi connectivity index (χ4v) is 5.05. The van der Waals surface area contributed by atoms with Crippen LogP contribution in [-0.2, 0) is 21.4 Å². The van der Waals surface area contributed by atoms with E-state index in [1.165, 1.54) is 0 Å². The molecule has 1 saturated heterocycles. The molecular formula is C24H26Cl3N3O2. The van der Waals surface area contributed by atoms with Gasteiger partial charge in [0.2, 0.25) is 11.8 Å². The Labute approximate surface area is 203 Å². The summed E-state index contributed by atoms with van der Waals surface area (Å²) >= 11 is 18.8. The van der Waals surface area contributed by atoms with Crippen LogP contribution in [0.2, 0.25) is 15.1 Å². The second kappa shape index (κ2) is 9.60. The third-order valence-corrected chi connectivity index (χ3v) is 7.35. The van der Waals surface area contributed by atoms with Gasteiger partial charge in [-0.05, 0) is 49.2 Å². The number of carbonyl (C=O) groups is 2. The number of nitrogens with zero attached hydrogens (tertiary/aromatic N) is 2. The lowest BCUT2D eigenvalue weighted by molar-refractivity contribution is -0.138. The predicted octanol–water partition coefficient (Wildman–Crippen LogP) is 4.18. The summed E-state index contributed by atoms with van der Waals surface area (Å²) in [5, 5.41) is 4.63. The average Bonchev–Trinajstić information content (AvgIpc) is 3.57. The van der Waals surface area contributed by atoms with Crippen molar-refractivity contribution in [2.75, 3.05) is 33.2 Å². The van der Waals surface area contributed by atoms with Crippen LogP contribution in [0.5, 0.6) is 0 Å². The Balaban J connectivity index is 1.58. The second-order valence-electron chi connectivity index (χ2n) is 8.66. The van der Waals surface area contributed by atoms with Crippen molar-refractivity contribution in [3.05, 3.63) is 68.7 Å². The molecule has 0 unspecified atom stereocenters. The predicted molar refractivity (Wildman–Crippen MR) is 129 cm³/mol. The van der Waals surface area contributed by atoms with E-state index in [2.05, 4.69) is 10.2 Å². The van der Waals surface area contributed by atoms with Crippen molar-refractivity contribution in [3.8, 4) is 0 Å². The SMILES string of the molecule is CN1CCN(C(=O)[C@H](Cc2ccc(Cl)cc2Cl)NC(=O)C2(c3ccccc3Cl)CC2)CC1. The van der Waals surface area contributed by atoms with Crippen molar-refractivity contribution in [2.45, 2.75) is 30.7 Å². The largest absolute Gasteiger partial charge is 0.343 e. The maximum absolute atomic E-state index is 13.5. The highest BCUT2D eigenvalue weighted by Crippen LogP contribution is 2.50. The lowest BCUT2D eigenvalue weighted by Crippen LogP contribution is -2.56. The molecule has 1 saturated carbocycles. The molecule has 2 fully saturated rings. The minimum Gasteiger partial charge on any atom is -0.343 e. The van der Waals surface area contributed by atoms with Gasteiger partial charge in [-0.2, -0.15) is 0 Å². The molecule has 170 valence electrons. The zero-order chi connectivity index (χ0) is 22.9. The summed E-state index contributed by atoms with van der Waals surface area (Å²) in [6.45, 7) is 2.87. The van der Waals surface area contributed by atoms with Crippen LogP contribution in [0.25, 0.3) is 0 Å². The van der Waals surface area contributed by atoms with Crippen molar-refractivity contribution in [1.29, 1.82) is 0 Å². The number of hydrogen-bond donors (Lipinski definition) is 1. The third-order valence-electron chi connectivity index (χ3n) is 6.43. The van der Waals surface area contributed by atoms with Gasteiger partial charge in [-0.15, -0.1) is 0 Å². The van der Waals surface area contributed by atoms with Gasteiger partial charge in [0.25, 0.3) is 0 Å². The summed E-state index contributed by atoms with van der Waals surface area (Å²) in [5.74, 6) is -0.254. The number of rotatable bonds is 6. The van der Waals surface area contributed by atoms with E-state index in [0.29, 0.717) is 47.4 Å². The fourth-order valence-electron chi connectivity index (χ4n) is 4.24. The first-order valence-electron chi connectivity index (χ1n) is 10.8. The first-order valence-corrected chi connectivity index (χ1v) is 11.9. The van der Waals surface area contributed by atoms with Gasteiger partial charge < -0.3 is 15.1 Å². The molecule has 2 aliphatic rings. The number of hydrogen-bond acceptors (Lipinski definition) is 3. The van der Waals surface area contributed by atoms with Crippen molar-refractivity contribution in [3.63, 3.8) is 0 Å². The van der Waals surface area contributed by atoms with Crippen LogP contribution in [0.1, 0.15) is 24.0 Å². The minimum atomic E-state index is -0.718. The number of amides is 2. The van der Waals surface area contributed by atoms with E-state index in [1.54, 1.807) is 18.2 Å². The van der Waals surface area contributed by atoms with E-state index in [-0.39, 0.29) is 11.8 Å². The molecule has 0 radical (unpaired) electrons. The van der Waals surface area contributed by atoms with Crippen LogP contribution >= 0.6 is 34.8 Å². The molecule has 32 heavy (non-hydrogen) atoms. The van der Waals surface area contributed by atoms with Crippen LogP contribution < -0.4 is 5.32 Å². The Morgan fingerprint density at radius 3 is 2.31 bits per heavy atom. The molecule has 2 aromatic carbocycles. The van der Waals surface area contributed by atoms with Crippen LogP contribution in [0.3, 0.4) is 0 Å². The van der Waals surface area contributed by atoms with E-state index in [1.807, 2.05) is 36.2 Å². The van der Waals surface area contributed by atoms with E-state index in [4.69, 9.17) is 34.8 Å². The monoisotopic (exact) mass is 493 g/mol. The molecule has 2 amide bonds. The van der Waals surface area contributed by atoms with Crippen LogP contribution in [0.15, 0.2) is 42.5 Å². The van der Waals surface area contributed by atoms with E-state index in [0.717, 1.165) is 24.2 Å². The topological polar surface area (TPSA) is 52.6 Å². The zero-order valence-corrected chi connectivity index (χ0v) is 20.2. The Hall–Kier alpha value is -1.79. The smallest absolute Gasteiger partial charge is 0.245 e. The van der Waals surface area contributed by atoms with Gasteiger partial charge in [0.05, 0.1) is 5.41 Å². The summed E-state index contributed by atoms with van der Waals surface area (Å²) in [7, 11) is 2.04. The molecule has 1 aliphatic heterocycles. The molecule has 1 N–H and O–H groups in total. The highest BCUT2D eigenvalue weighted by Gasteiger charge is 2.53. The van der Waals surface area contributed by atoms with Crippen molar-refractivity contribution >= 4 is 46.6 Å². The molecule has 1 aliphatic carbocycles. The van der Waals surface area contributed by atoms with Gasteiger partial charge in [-0.1, -0.05) is 59.1 Å². The molecule has 0 bridgehead atoms. The third kappa shape index (κ3) is 4.91. The summed E-state index contributed by atoms with van der Waals surface area (Å²) in [5.41, 5.74) is 0.906. The molecule has 0 aromatic heterocycles. The summed E-state index contributed by atoms with van der Waals surface area (Å²) < 4.78 is 0. The first-order chi connectivity index (χ1) is 15.3. The van der Waals surface area contributed by atoms with E-state index >= 15 is 0 Å². The maximum atomic E-state index is 13.5. The van der Waals surface area contributed by atoms with Crippen molar-refractivity contribution in [1.82, 2.24) is 15.1 Å². The molecular weight excluding hydrogens is 469 g/mol. The fraction of sp³-hybridized carbons (Fsp3) is 0.417. The number of benzene rings is 2. The summed E-state index contributed by atoms with van der Waals surface area (Å²) in [6.07, 6.45) is 1.71. The Bertz CT molecular complexity index is 1020. The minimum absolute atomic E-state index is 0.0903. The van der Waals surface area contributed by atoms with Crippen LogP contribution in [0.4, 0.5) is 0 Å².